The van der Waals surface area contributed by atoms with Gasteiger partial charge in [-0.3, -0.25) is 9.30 Å². The number of rotatable bonds is 7. The molecule has 0 spiro atoms. The average molecular weight is 348 g/mol. The van der Waals surface area contributed by atoms with Crippen molar-refractivity contribution in [1.29, 1.82) is 0 Å². The van der Waals surface area contributed by atoms with Gasteiger partial charge in [-0.2, -0.15) is 5.10 Å². The minimum Gasteiger partial charge on any atom is -0.382 e. The summed E-state index contributed by atoms with van der Waals surface area (Å²) in [7, 11) is 1.72. The van der Waals surface area contributed by atoms with Crippen LogP contribution in [0.25, 0.3) is 0 Å². The number of amidine groups is 1. The molecule has 0 bridgehead atoms. The lowest BCUT2D eigenvalue weighted by atomic mass is 9.92. The van der Waals surface area contributed by atoms with E-state index in [-0.39, 0.29) is 0 Å². The fourth-order valence-electron chi connectivity index (χ4n) is 3.43. The van der Waals surface area contributed by atoms with Gasteiger partial charge >= 0.3 is 0 Å². The van der Waals surface area contributed by atoms with E-state index in [1.165, 1.54) is 11.3 Å². The Labute approximate surface area is 149 Å². The maximum Gasteiger partial charge on any atom is 0.144 e. The van der Waals surface area contributed by atoms with Gasteiger partial charge in [-0.05, 0) is 43.1 Å². The second-order valence-corrected chi connectivity index (χ2v) is 7.13. The van der Waals surface area contributed by atoms with Gasteiger partial charge in [-0.1, -0.05) is 24.9 Å². The molecule has 1 aromatic heterocycles. The van der Waals surface area contributed by atoms with Crippen molar-refractivity contribution in [2.24, 2.45) is 15.8 Å². The van der Waals surface area contributed by atoms with E-state index in [1.54, 1.807) is 7.05 Å². The highest BCUT2D eigenvalue weighted by Crippen LogP contribution is 2.35. The second-order valence-electron chi connectivity index (χ2n) is 6.25. The molecule has 1 atom stereocenters. The maximum atomic E-state index is 6.20. The van der Waals surface area contributed by atoms with Gasteiger partial charge in [-0.25, -0.2) is 4.68 Å². The van der Waals surface area contributed by atoms with Crippen molar-refractivity contribution in [1.82, 2.24) is 8.98 Å². The van der Waals surface area contributed by atoms with Crippen LogP contribution in [0.1, 0.15) is 55.0 Å². The topological polar surface area (TPSA) is 58.9 Å². The SMILES string of the molecule is C=CCC(C)c1cc(C2CCN(SC)CC2)n(N=C)c1C(N)=NC. The molecule has 1 aliphatic rings. The van der Waals surface area contributed by atoms with Gasteiger partial charge in [0.15, 0.2) is 0 Å². The summed E-state index contributed by atoms with van der Waals surface area (Å²) in [5.41, 5.74) is 9.48. The van der Waals surface area contributed by atoms with E-state index in [0.717, 1.165) is 38.0 Å². The first-order valence-electron chi connectivity index (χ1n) is 8.42. The van der Waals surface area contributed by atoms with Crippen molar-refractivity contribution in [2.45, 2.75) is 38.0 Å². The van der Waals surface area contributed by atoms with Crippen molar-refractivity contribution >= 4 is 24.5 Å². The lowest BCUT2D eigenvalue weighted by Crippen LogP contribution is -2.28. The molecule has 24 heavy (non-hydrogen) atoms. The Hall–Kier alpha value is -1.53. The fourth-order valence-corrected chi connectivity index (χ4v) is 4.01. The van der Waals surface area contributed by atoms with Gasteiger partial charge in [0.1, 0.15) is 11.5 Å². The third kappa shape index (κ3) is 3.75. The van der Waals surface area contributed by atoms with Gasteiger partial charge in [-0.15, -0.1) is 6.58 Å². The summed E-state index contributed by atoms with van der Waals surface area (Å²) in [6.45, 7) is 12.0. The lowest BCUT2D eigenvalue weighted by molar-refractivity contribution is 0.339. The van der Waals surface area contributed by atoms with E-state index in [4.69, 9.17) is 5.73 Å². The zero-order valence-electron chi connectivity index (χ0n) is 15.0. The summed E-state index contributed by atoms with van der Waals surface area (Å²) < 4.78 is 4.33. The van der Waals surface area contributed by atoms with E-state index in [0.29, 0.717) is 17.7 Å². The van der Waals surface area contributed by atoms with Crippen LogP contribution in [-0.2, 0) is 0 Å². The Morgan fingerprint density at radius 3 is 2.67 bits per heavy atom. The quantitative estimate of drug-likeness (QED) is 0.356. The molecule has 0 saturated carbocycles. The fraction of sp³-hybridized carbons (Fsp3) is 0.556. The first-order valence-corrected chi connectivity index (χ1v) is 9.60. The van der Waals surface area contributed by atoms with E-state index < -0.39 is 0 Å². The van der Waals surface area contributed by atoms with E-state index in [1.807, 2.05) is 22.7 Å². The smallest absolute Gasteiger partial charge is 0.144 e. The zero-order chi connectivity index (χ0) is 17.7. The van der Waals surface area contributed by atoms with Crippen LogP contribution in [0, 0.1) is 0 Å². The highest BCUT2D eigenvalue weighted by molar-refractivity contribution is 7.96. The standard InChI is InChI=1S/C18H29N5S/c1-6-7-13(2)15-12-16(14-8-10-22(24-5)11-9-14)23(21-4)17(15)18(19)20-3/h6,12-14H,1,4,7-11H2,2-3,5H3,(H2,19,20). The minimum atomic E-state index is 0.325. The predicted octanol–water partition coefficient (Wildman–Crippen LogP) is 3.42. The summed E-state index contributed by atoms with van der Waals surface area (Å²) in [6, 6.07) is 2.26. The molecule has 0 aliphatic carbocycles. The Bertz CT molecular complexity index is 611. The number of aromatic nitrogens is 1. The van der Waals surface area contributed by atoms with Crippen molar-refractivity contribution in [3.63, 3.8) is 0 Å². The van der Waals surface area contributed by atoms with Crippen LogP contribution in [0.4, 0.5) is 0 Å². The molecule has 132 valence electrons. The number of aliphatic imine (C=N–C) groups is 1. The summed E-state index contributed by atoms with van der Waals surface area (Å²) in [5.74, 6) is 1.32. The van der Waals surface area contributed by atoms with Crippen LogP contribution in [0.2, 0.25) is 0 Å². The Kier molecular flexibility index (Phi) is 6.69. The predicted molar refractivity (Wildman–Crippen MR) is 106 cm³/mol. The molecule has 1 fully saturated rings. The third-order valence-electron chi connectivity index (χ3n) is 4.84. The number of hydrogen-bond donors (Lipinski definition) is 1. The largest absolute Gasteiger partial charge is 0.382 e. The third-order valence-corrected chi connectivity index (χ3v) is 5.72. The van der Waals surface area contributed by atoms with E-state index >= 15 is 0 Å². The Morgan fingerprint density at radius 1 is 1.50 bits per heavy atom. The normalized spacial score (nSPS) is 18.5. The number of piperidine rings is 1. The average Bonchev–Trinajstić information content (AvgIpc) is 3.01. The Morgan fingerprint density at radius 2 is 2.17 bits per heavy atom. The van der Waals surface area contributed by atoms with Crippen molar-refractivity contribution in [3.8, 4) is 0 Å². The number of nitrogens with zero attached hydrogens (tertiary/aromatic N) is 4. The molecule has 1 aliphatic heterocycles. The Balaban J connectivity index is 2.45. The molecule has 0 amide bonds. The molecule has 5 nitrogen and oxygen atoms in total. The second kappa shape index (κ2) is 8.53. The summed E-state index contributed by atoms with van der Waals surface area (Å²) in [4.78, 5) is 4.20. The van der Waals surface area contributed by atoms with Gasteiger partial charge in [0, 0.05) is 38.5 Å². The van der Waals surface area contributed by atoms with Crippen LogP contribution in [-0.4, -0.2) is 47.9 Å². The summed E-state index contributed by atoms with van der Waals surface area (Å²) >= 11 is 1.82. The molecular weight excluding hydrogens is 318 g/mol. The highest BCUT2D eigenvalue weighted by atomic mass is 32.2. The maximum absolute atomic E-state index is 6.20. The molecule has 1 saturated heterocycles. The molecule has 1 unspecified atom stereocenters. The summed E-state index contributed by atoms with van der Waals surface area (Å²) in [6.07, 6.45) is 7.23. The monoisotopic (exact) mass is 347 g/mol. The number of hydrogen-bond acceptors (Lipinski definition) is 4. The van der Waals surface area contributed by atoms with Gasteiger partial charge in [0.25, 0.3) is 0 Å². The highest BCUT2D eigenvalue weighted by Gasteiger charge is 2.28. The molecular formula is C18H29N5S. The molecule has 6 heteroatoms. The first kappa shape index (κ1) is 18.8. The number of nitrogens with two attached hydrogens (primary N) is 1. The van der Waals surface area contributed by atoms with Crippen LogP contribution < -0.4 is 5.73 Å². The van der Waals surface area contributed by atoms with Crippen LogP contribution >= 0.6 is 11.9 Å². The van der Waals surface area contributed by atoms with Gasteiger partial charge in [0.2, 0.25) is 0 Å². The molecule has 2 heterocycles. The van der Waals surface area contributed by atoms with Crippen molar-refractivity contribution in [3.05, 3.63) is 35.7 Å². The van der Waals surface area contributed by atoms with Gasteiger partial charge in [0.05, 0.1) is 0 Å². The van der Waals surface area contributed by atoms with Crippen LogP contribution in [0.3, 0.4) is 0 Å². The van der Waals surface area contributed by atoms with Gasteiger partial charge < -0.3 is 5.73 Å². The number of allylic oxidation sites excluding steroid dienone is 1. The van der Waals surface area contributed by atoms with Crippen LogP contribution in [0.5, 0.6) is 0 Å². The van der Waals surface area contributed by atoms with Crippen molar-refractivity contribution in [2.75, 3.05) is 26.4 Å². The van der Waals surface area contributed by atoms with E-state index in [2.05, 4.69) is 46.9 Å². The molecule has 2 rings (SSSR count). The zero-order valence-corrected chi connectivity index (χ0v) is 15.9. The molecule has 0 aromatic carbocycles. The lowest BCUT2D eigenvalue weighted by Gasteiger charge is -2.30. The molecule has 0 radical (unpaired) electrons. The minimum absolute atomic E-state index is 0.325. The van der Waals surface area contributed by atoms with Crippen molar-refractivity contribution < 1.29 is 0 Å². The molecule has 2 N–H and O–H groups in total. The van der Waals surface area contributed by atoms with Crippen LogP contribution in [0.15, 0.2) is 28.8 Å². The van der Waals surface area contributed by atoms with E-state index in [9.17, 15) is 0 Å². The summed E-state index contributed by atoms with van der Waals surface area (Å²) in [5, 5.41) is 4.28. The first-order chi connectivity index (χ1) is 11.6. The molecule has 1 aromatic rings.